The lowest BCUT2D eigenvalue weighted by atomic mass is 9.78. The van der Waals surface area contributed by atoms with Gasteiger partial charge in [0, 0.05) is 5.41 Å². The average molecular weight is 455 g/mol. The van der Waals surface area contributed by atoms with Gasteiger partial charge in [-0.25, -0.2) is 0 Å². The van der Waals surface area contributed by atoms with Crippen molar-refractivity contribution in [2.24, 2.45) is 0 Å². The Morgan fingerprint density at radius 1 is 1.03 bits per heavy atom. The number of aromatic amines is 1. The summed E-state index contributed by atoms with van der Waals surface area (Å²) < 4.78 is 11.3. The first-order chi connectivity index (χ1) is 13.8. The molecule has 154 valence electrons. The summed E-state index contributed by atoms with van der Waals surface area (Å²) in [5.74, 6) is 1.55. The van der Waals surface area contributed by atoms with Gasteiger partial charge in [0.25, 0.3) is 0 Å². The van der Waals surface area contributed by atoms with Crippen LogP contribution in [0.2, 0.25) is 10.0 Å². The summed E-state index contributed by atoms with van der Waals surface area (Å²) in [6.07, 6.45) is 1.56. The van der Waals surface area contributed by atoms with Crippen LogP contribution in [0.15, 0.2) is 42.6 Å². The zero-order valence-electron chi connectivity index (χ0n) is 16.1. The van der Waals surface area contributed by atoms with Crippen molar-refractivity contribution in [3.8, 4) is 11.5 Å². The normalized spacial score (nSPS) is 11.5. The van der Waals surface area contributed by atoms with Crippen LogP contribution in [0.4, 0.5) is 5.69 Å². The second kappa shape index (κ2) is 9.16. The molecule has 0 aliphatic carbocycles. The van der Waals surface area contributed by atoms with E-state index in [2.05, 4.69) is 24.0 Å². The second-order valence-electron chi connectivity index (χ2n) is 7.05. The van der Waals surface area contributed by atoms with Crippen LogP contribution >= 0.6 is 34.8 Å². The van der Waals surface area contributed by atoms with Gasteiger partial charge in [-0.05, 0) is 35.4 Å². The molecule has 2 aromatic carbocycles. The number of nitrogens with two attached hydrogens (primary N) is 1. The van der Waals surface area contributed by atoms with Gasteiger partial charge in [-0.15, -0.1) is 11.6 Å². The molecule has 5 nitrogen and oxygen atoms in total. The highest BCUT2D eigenvalue weighted by Crippen LogP contribution is 2.40. The number of H-pyrrole nitrogens is 1. The highest BCUT2D eigenvalue weighted by molar-refractivity contribution is 6.37. The Kier molecular flexibility index (Phi) is 6.83. The largest absolute Gasteiger partial charge is 0.489 e. The first-order valence-corrected chi connectivity index (χ1v) is 10.3. The molecule has 0 aliphatic rings. The fraction of sp³-hybridized carbons (Fsp3) is 0.286. The van der Waals surface area contributed by atoms with Gasteiger partial charge in [-0.1, -0.05) is 49.2 Å². The summed E-state index contributed by atoms with van der Waals surface area (Å²) in [6.45, 7) is 4.88. The van der Waals surface area contributed by atoms with E-state index in [1.165, 1.54) is 0 Å². The molecule has 29 heavy (non-hydrogen) atoms. The molecule has 0 atom stereocenters. The van der Waals surface area contributed by atoms with E-state index in [0.29, 0.717) is 40.6 Å². The van der Waals surface area contributed by atoms with Crippen LogP contribution < -0.4 is 15.2 Å². The highest BCUT2D eigenvalue weighted by Gasteiger charge is 2.25. The third-order valence-electron chi connectivity index (χ3n) is 4.75. The molecule has 0 unspecified atom stereocenters. The number of benzene rings is 2. The predicted molar refractivity (Wildman–Crippen MR) is 119 cm³/mol. The molecule has 0 saturated carbocycles. The highest BCUT2D eigenvalue weighted by atomic mass is 35.5. The van der Waals surface area contributed by atoms with E-state index in [9.17, 15) is 0 Å². The Morgan fingerprint density at radius 3 is 2.24 bits per heavy atom. The zero-order chi connectivity index (χ0) is 21.0. The minimum Gasteiger partial charge on any atom is -0.489 e. The van der Waals surface area contributed by atoms with E-state index in [1.807, 2.05) is 36.4 Å². The van der Waals surface area contributed by atoms with Crippen LogP contribution in [-0.4, -0.2) is 22.7 Å². The smallest absolute Gasteiger partial charge is 0.156 e. The molecule has 3 rings (SSSR count). The summed E-state index contributed by atoms with van der Waals surface area (Å²) in [6, 6.07) is 11.6. The topological polar surface area (TPSA) is 73.2 Å². The van der Waals surface area contributed by atoms with Crippen LogP contribution in [0, 0.1) is 0 Å². The zero-order valence-corrected chi connectivity index (χ0v) is 18.4. The monoisotopic (exact) mass is 453 g/mol. The Balaban J connectivity index is 1.77. The molecule has 0 spiro atoms. The Hall–Kier alpha value is -2.08. The molecular weight excluding hydrogens is 433 g/mol. The summed E-state index contributed by atoms with van der Waals surface area (Å²) in [5.41, 5.74) is 8.86. The van der Waals surface area contributed by atoms with Gasteiger partial charge >= 0.3 is 0 Å². The molecule has 3 N–H and O–H groups in total. The Bertz CT molecular complexity index is 949. The molecule has 0 fully saturated rings. The van der Waals surface area contributed by atoms with Crippen molar-refractivity contribution in [2.75, 3.05) is 18.2 Å². The molecule has 0 amide bonds. The van der Waals surface area contributed by atoms with Crippen molar-refractivity contribution in [3.63, 3.8) is 0 Å². The Morgan fingerprint density at radius 2 is 1.69 bits per heavy atom. The maximum atomic E-state index is 6.40. The lowest BCUT2D eigenvalue weighted by Gasteiger charge is -2.27. The van der Waals surface area contributed by atoms with E-state index in [-0.39, 0.29) is 5.41 Å². The van der Waals surface area contributed by atoms with Crippen LogP contribution in [0.25, 0.3) is 0 Å². The van der Waals surface area contributed by atoms with Crippen molar-refractivity contribution in [3.05, 3.63) is 69.5 Å². The standard InChI is InChI=1S/C21H22Cl3N3O2/c1-21(2,14-9-16(23)20(17(24)10-14)28-8-7-22)13-3-5-15(6-4-13)29-12-19-18(25)11-26-27-19/h3-6,9-11H,7-8,12,25H2,1-2H3,(H,26,27). The van der Waals surface area contributed by atoms with E-state index in [1.54, 1.807) is 6.20 Å². The second-order valence-corrected chi connectivity index (χ2v) is 8.24. The average Bonchev–Trinajstić information content (AvgIpc) is 3.11. The SMILES string of the molecule is CC(C)(c1ccc(OCc2[nH]ncc2N)cc1)c1cc(Cl)c(OCCCl)c(Cl)c1. The van der Waals surface area contributed by atoms with Crippen LogP contribution in [-0.2, 0) is 12.0 Å². The number of rotatable bonds is 8. The molecule has 0 aliphatic heterocycles. The van der Waals surface area contributed by atoms with Crippen molar-refractivity contribution in [1.29, 1.82) is 0 Å². The van der Waals surface area contributed by atoms with Gasteiger partial charge in [0.15, 0.2) is 5.75 Å². The van der Waals surface area contributed by atoms with Gasteiger partial charge in [-0.2, -0.15) is 5.10 Å². The van der Waals surface area contributed by atoms with Crippen LogP contribution in [0.3, 0.4) is 0 Å². The minimum atomic E-state index is -0.329. The number of ether oxygens (including phenoxy) is 2. The summed E-state index contributed by atoms with van der Waals surface area (Å²) in [7, 11) is 0. The fourth-order valence-electron chi connectivity index (χ4n) is 2.93. The number of aromatic nitrogens is 2. The van der Waals surface area contributed by atoms with Gasteiger partial charge in [0.05, 0.1) is 33.5 Å². The van der Waals surface area contributed by atoms with E-state index >= 15 is 0 Å². The van der Waals surface area contributed by atoms with Crippen LogP contribution in [0.1, 0.15) is 30.7 Å². The quantitative estimate of drug-likeness (QED) is 0.421. The predicted octanol–water partition coefficient (Wildman–Crippen LogP) is 5.82. The van der Waals surface area contributed by atoms with Gasteiger partial charge in [0.1, 0.15) is 19.0 Å². The first-order valence-electron chi connectivity index (χ1n) is 9.02. The number of nitrogens with one attached hydrogen (secondary N) is 1. The minimum absolute atomic E-state index is 0.323. The molecule has 0 saturated heterocycles. The summed E-state index contributed by atoms with van der Waals surface area (Å²) in [4.78, 5) is 0. The molecule has 1 aromatic heterocycles. The molecule has 0 bridgehead atoms. The molecule has 0 radical (unpaired) electrons. The van der Waals surface area contributed by atoms with Crippen molar-refractivity contribution >= 4 is 40.5 Å². The molecule has 3 aromatic rings. The van der Waals surface area contributed by atoms with E-state index in [0.717, 1.165) is 22.6 Å². The summed E-state index contributed by atoms with van der Waals surface area (Å²) in [5, 5.41) is 7.62. The lowest BCUT2D eigenvalue weighted by Crippen LogP contribution is -2.19. The molecule has 1 heterocycles. The number of nitrogens with zero attached hydrogens (tertiary/aromatic N) is 1. The number of hydrogen-bond acceptors (Lipinski definition) is 4. The van der Waals surface area contributed by atoms with E-state index in [4.69, 9.17) is 50.0 Å². The number of halogens is 3. The number of alkyl halides is 1. The lowest BCUT2D eigenvalue weighted by molar-refractivity contribution is 0.301. The fourth-order valence-corrected chi connectivity index (χ4v) is 3.60. The van der Waals surface area contributed by atoms with Gasteiger partial charge < -0.3 is 15.2 Å². The van der Waals surface area contributed by atoms with Crippen LogP contribution in [0.5, 0.6) is 11.5 Å². The van der Waals surface area contributed by atoms with Crippen molar-refractivity contribution < 1.29 is 9.47 Å². The maximum absolute atomic E-state index is 6.40. The van der Waals surface area contributed by atoms with Gasteiger partial charge in [0.2, 0.25) is 0 Å². The van der Waals surface area contributed by atoms with Gasteiger partial charge in [-0.3, -0.25) is 5.10 Å². The first kappa shape index (κ1) is 21.6. The summed E-state index contributed by atoms with van der Waals surface area (Å²) >= 11 is 18.5. The van der Waals surface area contributed by atoms with Crippen molar-refractivity contribution in [1.82, 2.24) is 10.2 Å². The van der Waals surface area contributed by atoms with E-state index < -0.39 is 0 Å². The van der Waals surface area contributed by atoms with Crippen molar-refractivity contribution in [2.45, 2.75) is 25.9 Å². The third kappa shape index (κ3) is 4.92. The maximum Gasteiger partial charge on any atom is 0.156 e. The molecule has 8 heteroatoms. The Labute approximate surface area is 185 Å². The number of nitrogen functional groups attached to an aromatic ring is 1. The number of hydrogen-bond donors (Lipinski definition) is 2. The third-order valence-corrected chi connectivity index (χ3v) is 5.47. The number of anilines is 1. The molecular formula is C21H22Cl3N3O2.